The molecule has 1 unspecified atom stereocenters. The summed E-state index contributed by atoms with van der Waals surface area (Å²) in [6.07, 6.45) is 14.3. The van der Waals surface area contributed by atoms with Crippen molar-refractivity contribution in [1.82, 2.24) is 0 Å². The van der Waals surface area contributed by atoms with Crippen LogP contribution in [0.2, 0.25) is 0 Å². The normalized spacial score (nSPS) is 21.2. The van der Waals surface area contributed by atoms with E-state index in [2.05, 4.69) is 6.92 Å². The predicted octanol–water partition coefficient (Wildman–Crippen LogP) is 4.11. The molecule has 1 atom stereocenters. The second-order valence-corrected chi connectivity index (χ2v) is 5.33. The molecule has 0 spiro atoms. The van der Waals surface area contributed by atoms with E-state index in [0.29, 0.717) is 0 Å². The van der Waals surface area contributed by atoms with Gasteiger partial charge in [-0.1, -0.05) is 58.3 Å². The van der Waals surface area contributed by atoms with Gasteiger partial charge in [0.2, 0.25) is 0 Å². The molecule has 0 heterocycles. The lowest BCUT2D eigenvalue weighted by molar-refractivity contribution is 0.312. The first kappa shape index (κ1) is 13.0. The minimum Gasteiger partial charge on any atom is -0.330 e. The average Bonchev–Trinajstić information content (AvgIpc) is 2.47. The highest BCUT2D eigenvalue weighted by Crippen LogP contribution is 2.30. The van der Waals surface area contributed by atoms with Crippen LogP contribution in [0.3, 0.4) is 0 Å². The Bertz CT molecular complexity index is 130. The quantitative estimate of drug-likeness (QED) is 0.657. The molecular weight excluding hydrogens is 182 g/mol. The molecule has 1 aliphatic carbocycles. The minimum atomic E-state index is 0.886. The van der Waals surface area contributed by atoms with Gasteiger partial charge in [-0.15, -0.1) is 0 Å². The van der Waals surface area contributed by atoms with Gasteiger partial charge in [0.1, 0.15) is 0 Å². The largest absolute Gasteiger partial charge is 0.330 e. The first-order valence-corrected chi connectivity index (χ1v) is 7.06. The highest BCUT2D eigenvalue weighted by atomic mass is 14.5. The maximum Gasteiger partial charge on any atom is -0.00746 e. The molecule has 0 radical (unpaired) electrons. The standard InChI is InChI=1S/C14H29N/c1-2-7-13(10-11-15)12-14-8-5-3-4-6-9-14/h13-14H,2-12,15H2,1H3. The predicted molar refractivity (Wildman–Crippen MR) is 67.9 cm³/mol. The van der Waals surface area contributed by atoms with E-state index in [0.717, 1.165) is 18.4 Å². The van der Waals surface area contributed by atoms with Gasteiger partial charge in [0.15, 0.2) is 0 Å². The molecule has 1 aliphatic rings. The monoisotopic (exact) mass is 211 g/mol. The van der Waals surface area contributed by atoms with Gasteiger partial charge in [-0.2, -0.15) is 0 Å². The molecule has 1 rings (SSSR count). The molecule has 1 nitrogen and oxygen atoms in total. The Hall–Kier alpha value is -0.0400. The van der Waals surface area contributed by atoms with E-state index in [1.54, 1.807) is 0 Å². The molecule has 0 amide bonds. The van der Waals surface area contributed by atoms with Crippen molar-refractivity contribution in [2.45, 2.75) is 71.1 Å². The molecule has 0 bridgehead atoms. The Labute approximate surface area is 95.8 Å². The maximum atomic E-state index is 5.70. The Morgan fingerprint density at radius 2 is 1.73 bits per heavy atom. The summed E-state index contributed by atoms with van der Waals surface area (Å²) >= 11 is 0. The molecule has 0 aromatic rings. The molecule has 0 saturated heterocycles. The van der Waals surface area contributed by atoms with Crippen LogP contribution in [0.4, 0.5) is 0 Å². The number of rotatable bonds is 6. The topological polar surface area (TPSA) is 26.0 Å². The molecule has 1 heteroatoms. The molecule has 90 valence electrons. The van der Waals surface area contributed by atoms with Crippen LogP contribution in [-0.2, 0) is 0 Å². The van der Waals surface area contributed by atoms with Gasteiger partial charge in [-0.3, -0.25) is 0 Å². The van der Waals surface area contributed by atoms with Crippen LogP contribution in [0, 0.1) is 11.8 Å². The van der Waals surface area contributed by atoms with Gasteiger partial charge in [-0.05, 0) is 31.2 Å². The van der Waals surface area contributed by atoms with Gasteiger partial charge in [-0.25, -0.2) is 0 Å². The van der Waals surface area contributed by atoms with Crippen molar-refractivity contribution in [1.29, 1.82) is 0 Å². The van der Waals surface area contributed by atoms with E-state index in [1.807, 2.05) is 0 Å². The summed E-state index contributed by atoms with van der Waals surface area (Å²) in [5, 5.41) is 0. The van der Waals surface area contributed by atoms with Crippen LogP contribution < -0.4 is 5.73 Å². The van der Waals surface area contributed by atoms with Crippen molar-refractivity contribution in [2.75, 3.05) is 6.54 Å². The van der Waals surface area contributed by atoms with E-state index in [4.69, 9.17) is 5.73 Å². The number of hydrogen-bond donors (Lipinski definition) is 1. The fraction of sp³-hybridized carbons (Fsp3) is 1.00. The summed E-state index contributed by atoms with van der Waals surface area (Å²) in [5.41, 5.74) is 5.70. The zero-order chi connectivity index (χ0) is 10.9. The summed E-state index contributed by atoms with van der Waals surface area (Å²) < 4.78 is 0. The van der Waals surface area contributed by atoms with Crippen LogP contribution in [0.5, 0.6) is 0 Å². The van der Waals surface area contributed by atoms with E-state index in [9.17, 15) is 0 Å². The van der Waals surface area contributed by atoms with Crippen LogP contribution in [0.25, 0.3) is 0 Å². The van der Waals surface area contributed by atoms with Crippen molar-refractivity contribution < 1.29 is 0 Å². The Kier molecular flexibility index (Phi) is 7.08. The van der Waals surface area contributed by atoms with Crippen molar-refractivity contribution in [2.24, 2.45) is 17.6 Å². The lowest BCUT2D eigenvalue weighted by atomic mass is 9.85. The molecule has 15 heavy (non-hydrogen) atoms. The third-order valence-corrected chi connectivity index (χ3v) is 3.91. The average molecular weight is 211 g/mol. The summed E-state index contributed by atoms with van der Waals surface area (Å²) in [6.45, 7) is 3.19. The molecule has 0 aromatic carbocycles. The van der Waals surface area contributed by atoms with Crippen LogP contribution in [-0.4, -0.2) is 6.54 Å². The molecule has 1 saturated carbocycles. The third-order valence-electron chi connectivity index (χ3n) is 3.91. The van der Waals surface area contributed by atoms with E-state index >= 15 is 0 Å². The maximum absolute atomic E-state index is 5.70. The lowest BCUT2D eigenvalue weighted by Gasteiger charge is -2.21. The second kappa shape index (κ2) is 8.15. The Morgan fingerprint density at radius 3 is 2.27 bits per heavy atom. The summed E-state index contributed by atoms with van der Waals surface area (Å²) in [7, 11) is 0. The van der Waals surface area contributed by atoms with Crippen molar-refractivity contribution in [3.63, 3.8) is 0 Å². The third kappa shape index (κ3) is 5.55. The molecule has 0 aliphatic heterocycles. The Balaban J connectivity index is 2.27. The number of hydrogen-bond acceptors (Lipinski definition) is 1. The highest BCUT2D eigenvalue weighted by Gasteiger charge is 2.17. The van der Waals surface area contributed by atoms with Gasteiger partial charge < -0.3 is 5.73 Å². The lowest BCUT2D eigenvalue weighted by Crippen LogP contribution is -2.13. The summed E-state index contributed by atoms with van der Waals surface area (Å²) in [4.78, 5) is 0. The highest BCUT2D eigenvalue weighted by molar-refractivity contribution is 4.70. The molecule has 2 N–H and O–H groups in total. The first-order valence-electron chi connectivity index (χ1n) is 7.06. The van der Waals surface area contributed by atoms with Crippen LogP contribution in [0.1, 0.15) is 71.1 Å². The summed E-state index contributed by atoms with van der Waals surface area (Å²) in [5.74, 6) is 1.94. The van der Waals surface area contributed by atoms with Crippen LogP contribution in [0.15, 0.2) is 0 Å². The van der Waals surface area contributed by atoms with Crippen molar-refractivity contribution in [3.05, 3.63) is 0 Å². The smallest absolute Gasteiger partial charge is 0.00746 e. The zero-order valence-corrected chi connectivity index (χ0v) is 10.5. The molecular formula is C14H29N. The Morgan fingerprint density at radius 1 is 1.07 bits per heavy atom. The summed E-state index contributed by atoms with van der Waals surface area (Å²) in [6, 6.07) is 0. The van der Waals surface area contributed by atoms with E-state index in [1.165, 1.54) is 64.2 Å². The number of nitrogens with two attached hydrogens (primary N) is 1. The zero-order valence-electron chi connectivity index (χ0n) is 10.5. The minimum absolute atomic E-state index is 0.886. The van der Waals surface area contributed by atoms with E-state index < -0.39 is 0 Å². The van der Waals surface area contributed by atoms with E-state index in [-0.39, 0.29) is 0 Å². The van der Waals surface area contributed by atoms with Gasteiger partial charge in [0.25, 0.3) is 0 Å². The fourth-order valence-corrected chi connectivity index (χ4v) is 3.10. The first-order chi connectivity index (χ1) is 7.36. The fourth-order valence-electron chi connectivity index (χ4n) is 3.10. The van der Waals surface area contributed by atoms with Crippen molar-refractivity contribution in [3.8, 4) is 0 Å². The van der Waals surface area contributed by atoms with Gasteiger partial charge in [0.05, 0.1) is 0 Å². The molecule has 1 fully saturated rings. The second-order valence-electron chi connectivity index (χ2n) is 5.33. The molecule has 0 aromatic heterocycles. The van der Waals surface area contributed by atoms with Crippen LogP contribution >= 0.6 is 0 Å². The van der Waals surface area contributed by atoms with Crippen molar-refractivity contribution >= 4 is 0 Å². The van der Waals surface area contributed by atoms with Gasteiger partial charge >= 0.3 is 0 Å². The van der Waals surface area contributed by atoms with Gasteiger partial charge in [0, 0.05) is 0 Å². The SMILES string of the molecule is CCCC(CCN)CC1CCCCCC1.